The molecule has 2 aromatic heterocycles. The van der Waals surface area contributed by atoms with Gasteiger partial charge in [-0.3, -0.25) is 13.9 Å². The quantitative estimate of drug-likeness (QED) is 0.516. The summed E-state index contributed by atoms with van der Waals surface area (Å²) in [5.41, 5.74) is -2.38. The minimum absolute atomic E-state index is 0.0984. The van der Waals surface area contributed by atoms with Crippen LogP contribution in [0.25, 0.3) is 11.1 Å². The van der Waals surface area contributed by atoms with Gasteiger partial charge in [0.25, 0.3) is 5.91 Å². The highest BCUT2D eigenvalue weighted by Gasteiger charge is 2.55. The van der Waals surface area contributed by atoms with E-state index in [-0.39, 0.29) is 17.0 Å². The Kier molecular flexibility index (Phi) is 5.00. The normalized spacial score (nSPS) is 25.8. The third-order valence-corrected chi connectivity index (χ3v) is 5.28. The Balaban J connectivity index is 1.57. The standard InChI is InChI=1S/C19H19FN4O7/c1-19(20)14(26)12(8-25)30-16(19)24-6-5-13(22-17(24)28)21-15(27)9-3-4-10-11(7-9)31-18(29)23(10)2/h3-7,12,14,16,25-26H,8H2,1-2H3,(H,21,22,27,28)/t12-,14-,16?,19?/m1/s1. The summed E-state index contributed by atoms with van der Waals surface area (Å²) < 4.78 is 27.3. The molecule has 0 radical (unpaired) electrons. The van der Waals surface area contributed by atoms with Crippen LogP contribution in [0.3, 0.4) is 0 Å². The number of hydrogen-bond acceptors (Lipinski definition) is 8. The second-order valence-corrected chi connectivity index (χ2v) is 7.37. The van der Waals surface area contributed by atoms with Crippen LogP contribution in [0.5, 0.6) is 0 Å². The van der Waals surface area contributed by atoms with E-state index < -0.39 is 48.1 Å². The van der Waals surface area contributed by atoms with Crippen LogP contribution in [0.1, 0.15) is 23.5 Å². The van der Waals surface area contributed by atoms with E-state index in [2.05, 4.69) is 10.3 Å². The van der Waals surface area contributed by atoms with Crippen LogP contribution in [0.4, 0.5) is 10.2 Å². The van der Waals surface area contributed by atoms with Gasteiger partial charge in [0.05, 0.1) is 12.1 Å². The van der Waals surface area contributed by atoms with E-state index in [1.165, 1.54) is 36.0 Å². The highest BCUT2D eigenvalue weighted by atomic mass is 19.1. The van der Waals surface area contributed by atoms with E-state index in [0.717, 1.165) is 11.5 Å². The van der Waals surface area contributed by atoms with Crippen LogP contribution in [0, 0.1) is 0 Å². The van der Waals surface area contributed by atoms with Crippen molar-refractivity contribution < 1.29 is 28.6 Å². The lowest BCUT2D eigenvalue weighted by atomic mass is 9.98. The monoisotopic (exact) mass is 434 g/mol. The second kappa shape index (κ2) is 7.41. The summed E-state index contributed by atoms with van der Waals surface area (Å²) in [6, 6.07) is 5.66. The van der Waals surface area contributed by atoms with Crippen molar-refractivity contribution in [3.8, 4) is 0 Å². The van der Waals surface area contributed by atoms with Crippen LogP contribution < -0.4 is 16.8 Å². The van der Waals surface area contributed by atoms with Gasteiger partial charge >= 0.3 is 11.4 Å². The number of anilines is 1. The van der Waals surface area contributed by atoms with Crippen molar-refractivity contribution in [2.45, 2.75) is 31.0 Å². The summed E-state index contributed by atoms with van der Waals surface area (Å²) >= 11 is 0. The van der Waals surface area contributed by atoms with Gasteiger partial charge in [0.15, 0.2) is 17.5 Å². The van der Waals surface area contributed by atoms with Gasteiger partial charge < -0.3 is 24.7 Å². The lowest BCUT2D eigenvalue weighted by Gasteiger charge is -2.24. The molecule has 0 spiro atoms. The molecule has 0 saturated carbocycles. The third kappa shape index (κ3) is 3.44. The van der Waals surface area contributed by atoms with Crippen molar-refractivity contribution in [3.63, 3.8) is 0 Å². The number of aliphatic hydroxyl groups is 2. The molecule has 31 heavy (non-hydrogen) atoms. The van der Waals surface area contributed by atoms with Crippen LogP contribution in [0.2, 0.25) is 0 Å². The number of carbonyl (C=O) groups excluding carboxylic acids is 1. The summed E-state index contributed by atoms with van der Waals surface area (Å²) in [5.74, 6) is -1.28. The Labute approximate surface area is 173 Å². The van der Waals surface area contributed by atoms with Gasteiger partial charge in [0.2, 0.25) is 0 Å². The molecular formula is C19H19FN4O7. The predicted octanol–water partition coefficient (Wildman–Crippen LogP) is -0.0807. The summed E-state index contributed by atoms with van der Waals surface area (Å²) in [6.07, 6.45) is -3.17. The third-order valence-electron chi connectivity index (χ3n) is 5.28. The average Bonchev–Trinajstić information content (AvgIpc) is 3.14. The maximum atomic E-state index is 14.9. The number of aryl methyl sites for hydroxylation is 1. The molecule has 164 valence electrons. The van der Waals surface area contributed by atoms with Gasteiger partial charge in [0, 0.05) is 18.8 Å². The fraction of sp³-hybridized carbons (Fsp3) is 0.368. The minimum Gasteiger partial charge on any atom is -0.408 e. The van der Waals surface area contributed by atoms with Crippen molar-refractivity contribution in [1.82, 2.24) is 14.1 Å². The van der Waals surface area contributed by atoms with E-state index >= 15 is 0 Å². The highest BCUT2D eigenvalue weighted by Crippen LogP contribution is 2.40. The number of halogens is 1. The van der Waals surface area contributed by atoms with Crippen molar-refractivity contribution in [2.24, 2.45) is 7.05 Å². The molecule has 1 amide bonds. The number of alkyl halides is 1. The molecule has 1 saturated heterocycles. The molecule has 4 atom stereocenters. The average molecular weight is 434 g/mol. The number of aliphatic hydroxyl groups excluding tert-OH is 2. The molecular weight excluding hydrogens is 415 g/mol. The Hall–Kier alpha value is -3.35. The Morgan fingerprint density at radius 1 is 1.35 bits per heavy atom. The van der Waals surface area contributed by atoms with Gasteiger partial charge in [-0.15, -0.1) is 0 Å². The summed E-state index contributed by atoms with van der Waals surface area (Å²) in [5, 5.41) is 21.6. The number of aromatic nitrogens is 3. The van der Waals surface area contributed by atoms with Crippen LogP contribution in [0.15, 0.2) is 44.5 Å². The van der Waals surface area contributed by atoms with Gasteiger partial charge in [0.1, 0.15) is 18.0 Å². The lowest BCUT2D eigenvalue weighted by Crippen LogP contribution is -2.42. The lowest BCUT2D eigenvalue weighted by molar-refractivity contribution is -0.0610. The number of oxazole rings is 1. The molecule has 11 nitrogen and oxygen atoms in total. The molecule has 3 N–H and O–H groups in total. The van der Waals surface area contributed by atoms with Gasteiger partial charge in [-0.2, -0.15) is 4.98 Å². The van der Waals surface area contributed by atoms with Crippen molar-refractivity contribution >= 4 is 22.8 Å². The topological polar surface area (TPSA) is 149 Å². The maximum absolute atomic E-state index is 14.9. The molecule has 0 bridgehead atoms. The number of hydrogen-bond donors (Lipinski definition) is 3. The number of benzene rings is 1. The van der Waals surface area contributed by atoms with E-state index in [1.54, 1.807) is 6.07 Å². The summed E-state index contributed by atoms with van der Waals surface area (Å²) in [7, 11) is 1.53. The fourth-order valence-electron chi connectivity index (χ4n) is 3.49. The van der Waals surface area contributed by atoms with Gasteiger partial charge in [-0.25, -0.2) is 14.0 Å². The number of nitrogens with zero attached hydrogens (tertiary/aromatic N) is 3. The van der Waals surface area contributed by atoms with Crippen LogP contribution in [-0.4, -0.2) is 54.7 Å². The maximum Gasteiger partial charge on any atom is 0.419 e. The molecule has 3 aromatic rings. The Bertz CT molecular complexity index is 1280. The van der Waals surface area contributed by atoms with E-state index in [0.29, 0.717) is 5.52 Å². The molecule has 4 rings (SSSR count). The first kappa shape index (κ1) is 20.9. The minimum atomic E-state index is -2.35. The summed E-state index contributed by atoms with van der Waals surface area (Å²) in [6.45, 7) is 0.428. The van der Waals surface area contributed by atoms with Crippen molar-refractivity contribution in [1.29, 1.82) is 0 Å². The first-order chi connectivity index (χ1) is 14.6. The fourth-order valence-corrected chi connectivity index (χ4v) is 3.49. The Morgan fingerprint density at radius 3 is 2.74 bits per heavy atom. The number of nitrogens with one attached hydrogen (secondary N) is 1. The van der Waals surface area contributed by atoms with Crippen LogP contribution in [-0.2, 0) is 11.8 Å². The van der Waals surface area contributed by atoms with E-state index in [1.807, 2.05) is 0 Å². The number of fused-ring (bicyclic) bond motifs is 1. The molecule has 0 aliphatic carbocycles. The van der Waals surface area contributed by atoms with Crippen LogP contribution >= 0.6 is 0 Å². The zero-order chi connectivity index (χ0) is 22.5. The van der Waals surface area contributed by atoms with Crippen molar-refractivity contribution in [3.05, 3.63) is 57.1 Å². The van der Waals surface area contributed by atoms with E-state index in [9.17, 15) is 29.0 Å². The zero-order valence-electron chi connectivity index (χ0n) is 16.5. The molecule has 1 aliphatic rings. The number of rotatable bonds is 4. The Morgan fingerprint density at radius 2 is 2.10 bits per heavy atom. The van der Waals surface area contributed by atoms with E-state index in [4.69, 9.17) is 9.15 Å². The van der Waals surface area contributed by atoms with Gasteiger partial charge in [-0.1, -0.05) is 0 Å². The summed E-state index contributed by atoms with van der Waals surface area (Å²) in [4.78, 5) is 40.2. The van der Waals surface area contributed by atoms with Crippen molar-refractivity contribution in [2.75, 3.05) is 11.9 Å². The zero-order valence-corrected chi connectivity index (χ0v) is 16.5. The smallest absolute Gasteiger partial charge is 0.408 e. The largest absolute Gasteiger partial charge is 0.419 e. The molecule has 12 heteroatoms. The molecule has 1 aromatic carbocycles. The molecule has 3 heterocycles. The number of amides is 1. The molecule has 1 aliphatic heterocycles. The first-order valence-electron chi connectivity index (χ1n) is 9.27. The number of carbonyl (C=O) groups is 1. The molecule has 1 fully saturated rings. The molecule has 2 unspecified atom stereocenters. The second-order valence-electron chi connectivity index (χ2n) is 7.37. The number of ether oxygens (including phenoxy) is 1. The highest BCUT2D eigenvalue weighted by molar-refractivity contribution is 6.05. The SMILES string of the molecule is Cn1c(=O)oc2cc(C(=O)Nc3ccn(C4O[C@H](CO)[C@@H](O)C4(C)F)c(=O)n3)ccc21. The van der Waals surface area contributed by atoms with Gasteiger partial charge in [-0.05, 0) is 31.2 Å². The predicted molar refractivity (Wildman–Crippen MR) is 104 cm³/mol. The first-order valence-corrected chi connectivity index (χ1v) is 9.27.